The fraction of sp³-hybridized carbons (Fsp3) is 0.615. The van der Waals surface area contributed by atoms with Crippen molar-refractivity contribution >= 4 is 39.4 Å². The van der Waals surface area contributed by atoms with E-state index >= 15 is 0 Å². The average Bonchev–Trinajstić information content (AvgIpc) is 3.34. The minimum absolute atomic E-state index is 0.147. The Bertz CT molecular complexity index is 1070. The maximum Gasteiger partial charge on any atom is 0.325 e. The molecular weight excluding hydrogens is 448 g/mol. The highest BCUT2D eigenvalue weighted by molar-refractivity contribution is 7.18. The second-order valence-electron chi connectivity index (χ2n) is 11.2. The Labute approximate surface area is 204 Å². The van der Waals surface area contributed by atoms with Crippen LogP contribution in [0.4, 0.5) is 4.79 Å². The van der Waals surface area contributed by atoms with Crippen LogP contribution in [-0.2, 0) is 9.59 Å². The van der Waals surface area contributed by atoms with Crippen molar-refractivity contribution in [1.82, 2.24) is 20.1 Å². The number of amides is 4. The van der Waals surface area contributed by atoms with Crippen LogP contribution in [0.2, 0.25) is 0 Å². The lowest BCUT2D eigenvalue weighted by Gasteiger charge is -2.40. The van der Waals surface area contributed by atoms with Gasteiger partial charge in [0.2, 0.25) is 5.91 Å². The molecule has 182 valence electrons. The number of nitrogens with zero attached hydrogens (tertiary/aromatic N) is 3. The highest BCUT2D eigenvalue weighted by Crippen LogP contribution is 2.43. The van der Waals surface area contributed by atoms with E-state index in [1.165, 1.54) is 4.70 Å². The standard InChI is InChI=1S/C26H34N4O3S/c1-25(2,3)18-8-12-26(13-9-18)23(32)30(24(33)28-26)16-21(31)29-14-10-17(11-15-29)22-27-19-6-4-5-7-20(19)34-22/h4-7,17-18H,8-16H2,1-3H3,(H,28,33). The lowest BCUT2D eigenvalue weighted by atomic mass is 9.67. The van der Waals surface area contributed by atoms with E-state index in [9.17, 15) is 14.4 Å². The van der Waals surface area contributed by atoms with Gasteiger partial charge < -0.3 is 10.2 Å². The maximum absolute atomic E-state index is 13.3. The molecule has 1 aliphatic carbocycles. The summed E-state index contributed by atoms with van der Waals surface area (Å²) in [5.41, 5.74) is 0.407. The Morgan fingerprint density at radius 1 is 1.12 bits per heavy atom. The first kappa shape index (κ1) is 23.3. The molecule has 0 radical (unpaired) electrons. The minimum Gasteiger partial charge on any atom is -0.341 e. The minimum atomic E-state index is -0.820. The van der Waals surface area contributed by atoms with Crippen molar-refractivity contribution in [3.05, 3.63) is 29.3 Å². The quantitative estimate of drug-likeness (QED) is 0.652. The number of hydrogen-bond donors (Lipinski definition) is 1. The number of rotatable bonds is 3. The van der Waals surface area contributed by atoms with Crippen LogP contribution in [0, 0.1) is 11.3 Å². The predicted octanol–water partition coefficient (Wildman–Crippen LogP) is 4.53. The molecule has 1 spiro atoms. The SMILES string of the molecule is CC(C)(C)C1CCC2(CC1)NC(=O)N(CC(=O)N1CCC(c3nc4ccccc4s3)CC1)C2=O. The number of carbonyl (C=O) groups is 3. The molecule has 5 rings (SSSR count). The molecule has 34 heavy (non-hydrogen) atoms. The van der Waals surface area contributed by atoms with Crippen LogP contribution < -0.4 is 5.32 Å². The monoisotopic (exact) mass is 482 g/mol. The van der Waals surface area contributed by atoms with E-state index in [1.54, 1.807) is 16.2 Å². The summed E-state index contributed by atoms with van der Waals surface area (Å²) < 4.78 is 1.19. The first-order chi connectivity index (χ1) is 16.2. The Balaban J connectivity index is 1.17. The molecule has 0 atom stereocenters. The Hall–Kier alpha value is -2.48. The number of carbonyl (C=O) groups excluding carboxylic acids is 3. The summed E-state index contributed by atoms with van der Waals surface area (Å²) in [6.45, 7) is 7.78. The molecule has 0 bridgehead atoms. The third kappa shape index (κ3) is 4.21. The molecule has 7 nitrogen and oxygen atoms in total. The number of urea groups is 1. The highest BCUT2D eigenvalue weighted by atomic mass is 32.1. The van der Waals surface area contributed by atoms with Gasteiger partial charge in [-0.15, -0.1) is 11.3 Å². The molecular formula is C26H34N4O3S. The van der Waals surface area contributed by atoms with Crippen LogP contribution >= 0.6 is 11.3 Å². The molecule has 1 aromatic heterocycles. The van der Waals surface area contributed by atoms with Gasteiger partial charge in [0.1, 0.15) is 12.1 Å². The van der Waals surface area contributed by atoms with Gasteiger partial charge in [-0.05, 0) is 62.0 Å². The largest absolute Gasteiger partial charge is 0.341 e. The molecule has 3 heterocycles. The van der Waals surface area contributed by atoms with Gasteiger partial charge in [-0.3, -0.25) is 14.5 Å². The molecule has 3 aliphatic rings. The number of hydrogen-bond acceptors (Lipinski definition) is 5. The van der Waals surface area contributed by atoms with Crippen molar-refractivity contribution in [2.24, 2.45) is 11.3 Å². The summed E-state index contributed by atoms with van der Waals surface area (Å²) >= 11 is 1.73. The molecule has 8 heteroatoms. The number of nitrogens with one attached hydrogen (secondary N) is 1. The number of benzene rings is 1. The number of thiazole rings is 1. The molecule has 1 aromatic carbocycles. The summed E-state index contributed by atoms with van der Waals surface area (Å²) in [5.74, 6) is 0.518. The number of piperidine rings is 1. The van der Waals surface area contributed by atoms with Crippen LogP contribution in [0.1, 0.15) is 70.2 Å². The van der Waals surface area contributed by atoms with Crippen molar-refractivity contribution in [2.75, 3.05) is 19.6 Å². The number of aromatic nitrogens is 1. The highest BCUT2D eigenvalue weighted by Gasteiger charge is 2.53. The number of imide groups is 1. The second kappa shape index (κ2) is 8.63. The fourth-order valence-corrected chi connectivity index (χ4v) is 6.95. The smallest absolute Gasteiger partial charge is 0.325 e. The van der Waals surface area contributed by atoms with Gasteiger partial charge in [0.05, 0.1) is 15.2 Å². The van der Waals surface area contributed by atoms with Crippen molar-refractivity contribution in [3.8, 4) is 0 Å². The predicted molar refractivity (Wildman–Crippen MR) is 133 cm³/mol. The van der Waals surface area contributed by atoms with Crippen LogP contribution in [0.15, 0.2) is 24.3 Å². The molecule has 1 N–H and O–H groups in total. The molecule has 2 aliphatic heterocycles. The zero-order valence-corrected chi connectivity index (χ0v) is 21.1. The summed E-state index contributed by atoms with van der Waals surface area (Å²) in [4.78, 5) is 46.7. The van der Waals surface area contributed by atoms with Gasteiger partial charge in [0.15, 0.2) is 0 Å². The maximum atomic E-state index is 13.3. The van der Waals surface area contributed by atoms with Crippen molar-refractivity contribution in [2.45, 2.75) is 70.8 Å². The van der Waals surface area contributed by atoms with E-state index in [0.717, 1.165) is 41.1 Å². The summed E-state index contributed by atoms with van der Waals surface area (Å²) in [6.07, 6.45) is 4.83. The van der Waals surface area contributed by atoms with Crippen LogP contribution in [0.3, 0.4) is 0 Å². The van der Waals surface area contributed by atoms with Gasteiger partial charge in [-0.25, -0.2) is 9.78 Å². The Morgan fingerprint density at radius 2 is 1.79 bits per heavy atom. The first-order valence-electron chi connectivity index (χ1n) is 12.4. The third-order valence-corrected chi connectivity index (χ3v) is 9.31. The van der Waals surface area contributed by atoms with Crippen molar-refractivity contribution < 1.29 is 14.4 Å². The molecule has 2 saturated heterocycles. The normalized spacial score (nSPS) is 26.5. The molecule has 3 fully saturated rings. The zero-order chi connectivity index (χ0) is 24.1. The number of para-hydroxylation sites is 1. The van der Waals surface area contributed by atoms with Crippen molar-refractivity contribution in [3.63, 3.8) is 0 Å². The zero-order valence-electron chi connectivity index (χ0n) is 20.3. The second-order valence-corrected chi connectivity index (χ2v) is 12.3. The Morgan fingerprint density at radius 3 is 2.44 bits per heavy atom. The van der Waals surface area contributed by atoms with Gasteiger partial charge in [0, 0.05) is 19.0 Å². The third-order valence-electron chi connectivity index (χ3n) is 8.11. The molecule has 2 aromatic rings. The topological polar surface area (TPSA) is 82.6 Å². The van der Waals surface area contributed by atoms with E-state index in [-0.39, 0.29) is 23.8 Å². The molecule has 1 saturated carbocycles. The summed E-state index contributed by atoms with van der Waals surface area (Å²) in [5, 5.41) is 4.08. The van der Waals surface area contributed by atoms with Crippen LogP contribution in [0.5, 0.6) is 0 Å². The lowest BCUT2D eigenvalue weighted by molar-refractivity contribution is -0.140. The summed E-state index contributed by atoms with van der Waals surface area (Å²) in [7, 11) is 0. The van der Waals surface area contributed by atoms with Gasteiger partial charge in [-0.2, -0.15) is 0 Å². The van der Waals surface area contributed by atoms with Gasteiger partial charge in [-0.1, -0.05) is 32.9 Å². The van der Waals surface area contributed by atoms with Crippen LogP contribution in [-0.4, -0.2) is 57.8 Å². The summed E-state index contributed by atoms with van der Waals surface area (Å²) in [6, 6.07) is 7.74. The Kier molecular flexibility index (Phi) is 5.91. The van der Waals surface area contributed by atoms with E-state index in [2.05, 4.69) is 32.2 Å². The number of likely N-dealkylation sites (tertiary alicyclic amines) is 1. The van der Waals surface area contributed by atoms with Crippen molar-refractivity contribution in [1.29, 1.82) is 0 Å². The van der Waals surface area contributed by atoms with E-state index < -0.39 is 11.6 Å². The van der Waals surface area contributed by atoms with Gasteiger partial charge in [0.25, 0.3) is 5.91 Å². The lowest BCUT2D eigenvalue weighted by Crippen LogP contribution is -2.51. The first-order valence-corrected chi connectivity index (χ1v) is 13.3. The fourth-order valence-electron chi connectivity index (χ4n) is 5.81. The average molecular weight is 483 g/mol. The van der Waals surface area contributed by atoms with E-state index in [1.807, 2.05) is 18.2 Å². The molecule has 0 unspecified atom stereocenters. The van der Waals surface area contributed by atoms with Gasteiger partial charge >= 0.3 is 6.03 Å². The van der Waals surface area contributed by atoms with E-state index in [4.69, 9.17) is 4.98 Å². The van der Waals surface area contributed by atoms with Crippen LogP contribution in [0.25, 0.3) is 10.2 Å². The van der Waals surface area contributed by atoms with E-state index in [0.29, 0.717) is 37.8 Å². The number of fused-ring (bicyclic) bond motifs is 1. The molecule has 4 amide bonds.